The third-order valence-corrected chi connectivity index (χ3v) is 4.59. The van der Waals surface area contributed by atoms with E-state index in [-0.39, 0.29) is 5.75 Å². The van der Waals surface area contributed by atoms with Crippen LogP contribution in [0.1, 0.15) is 11.1 Å². The Labute approximate surface area is 150 Å². The number of hydrogen-bond acceptors (Lipinski definition) is 4. The van der Waals surface area contributed by atoms with Crippen molar-refractivity contribution in [3.63, 3.8) is 0 Å². The summed E-state index contributed by atoms with van der Waals surface area (Å²) < 4.78 is 5.19. The number of hydrogen-bond donors (Lipinski definition) is 1. The maximum absolute atomic E-state index is 9.69. The van der Waals surface area contributed by atoms with Crippen molar-refractivity contribution in [2.24, 2.45) is 0 Å². The number of methoxy groups -OCH3 is 1. The van der Waals surface area contributed by atoms with Gasteiger partial charge in [-0.25, -0.2) is 0 Å². The van der Waals surface area contributed by atoms with Crippen molar-refractivity contribution in [1.29, 1.82) is 0 Å². The van der Waals surface area contributed by atoms with Crippen molar-refractivity contribution in [1.82, 2.24) is 9.80 Å². The van der Waals surface area contributed by atoms with E-state index in [0.29, 0.717) is 5.75 Å². The molecular formula is C21H26N2O2. The molecule has 0 saturated carbocycles. The third kappa shape index (κ3) is 5.08. The standard InChI is InChI=1S/C21H26N2O2/c1-25-21-16-19(9-10-20(21)24)17-23-14-12-22(13-15-23)11-5-8-18-6-3-2-4-7-18/h2-10,16,24H,11-15,17H2,1H3/b8-5+. The molecule has 132 valence electrons. The Morgan fingerprint density at radius 2 is 1.72 bits per heavy atom. The predicted octanol–water partition coefficient (Wildman–Crippen LogP) is 3.23. The van der Waals surface area contributed by atoms with Crippen LogP contribution in [0.5, 0.6) is 11.5 Å². The Morgan fingerprint density at radius 3 is 2.44 bits per heavy atom. The highest BCUT2D eigenvalue weighted by Gasteiger charge is 2.16. The molecule has 0 spiro atoms. The van der Waals surface area contributed by atoms with Crippen LogP contribution >= 0.6 is 0 Å². The quantitative estimate of drug-likeness (QED) is 0.877. The molecule has 0 aromatic heterocycles. The predicted molar refractivity (Wildman–Crippen MR) is 102 cm³/mol. The van der Waals surface area contributed by atoms with Gasteiger partial charge in [0.1, 0.15) is 0 Å². The summed E-state index contributed by atoms with van der Waals surface area (Å²) in [7, 11) is 1.58. The Kier molecular flexibility index (Phi) is 6.09. The molecule has 1 aliphatic heterocycles. The molecule has 25 heavy (non-hydrogen) atoms. The van der Waals surface area contributed by atoms with Gasteiger partial charge in [-0.3, -0.25) is 9.80 Å². The molecule has 4 nitrogen and oxygen atoms in total. The molecule has 1 heterocycles. The second-order valence-corrected chi connectivity index (χ2v) is 6.40. The molecule has 0 bridgehead atoms. The molecule has 0 unspecified atom stereocenters. The first-order valence-electron chi connectivity index (χ1n) is 8.77. The molecule has 2 aromatic rings. The van der Waals surface area contributed by atoms with Crippen molar-refractivity contribution in [3.05, 3.63) is 65.7 Å². The monoisotopic (exact) mass is 338 g/mol. The lowest BCUT2D eigenvalue weighted by molar-refractivity contribution is 0.137. The largest absolute Gasteiger partial charge is 0.504 e. The summed E-state index contributed by atoms with van der Waals surface area (Å²) in [6.07, 6.45) is 4.44. The fourth-order valence-corrected chi connectivity index (χ4v) is 3.11. The van der Waals surface area contributed by atoms with Gasteiger partial charge in [0.05, 0.1) is 7.11 Å². The second kappa shape index (κ2) is 8.70. The zero-order chi connectivity index (χ0) is 17.5. The summed E-state index contributed by atoms with van der Waals surface area (Å²) >= 11 is 0. The van der Waals surface area contributed by atoms with Gasteiger partial charge in [-0.05, 0) is 23.3 Å². The number of benzene rings is 2. The molecule has 1 fully saturated rings. The molecule has 0 amide bonds. The number of piperazine rings is 1. The van der Waals surface area contributed by atoms with Crippen LogP contribution in [0.15, 0.2) is 54.6 Å². The van der Waals surface area contributed by atoms with E-state index in [4.69, 9.17) is 4.74 Å². The average molecular weight is 338 g/mol. The van der Waals surface area contributed by atoms with Crippen LogP contribution in [0.25, 0.3) is 6.08 Å². The lowest BCUT2D eigenvalue weighted by atomic mass is 10.1. The maximum atomic E-state index is 9.69. The molecule has 4 heteroatoms. The zero-order valence-electron chi connectivity index (χ0n) is 14.8. The molecule has 1 aliphatic rings. The smallest absolute Gasteiger partial charge is 0.160 e. The minimum absolute atomic E-state index is 0.196. The first-order valence-corrected chi connectivity index (χ1v) is 8.77. The first kappa shape index (κ1) is 17.5. The number of nitrogens with zero attached hydrogens (tertiary/aromatic N) is 2. The molecule has 0 atom stereocenters. The van der Waals surface area contributed by atoms with E-state index in [1.165, 1.54) is 11.1 Å². The number of rotatable bonds is 6. The van der Waals surface area contributed by atoms with Crippen LogP contribution in [0.4, 0.5) is 0 Å². The van der Waals surface area contributed by atoms with E-state index in [1.807, 2.05) is 18.2 Å². The Balaban J connectivity index is 1.45. The highest BCUT2D eigenvalue weighted by molar-refractivity contribution is 5.48. The van der Waals surface area contributed by atoms with Crippen LogP contribution < -0.4 is 4.74 Å². The van der Waals surface area contributed by atoms with Gasteiger partial charge >= 0.3 is 0 Å². The van der Waals surface area contributed by atoms with E-state index < -0.39 is 0 Å². The zero-order valence-corrected chi connectivity index (χ0v) is 14.8. The molecule has 3 rings (SSSR count). The van der Waals surface area contributed by atoms with E-state index >= 15 is 0 Å². The van der Waals surface area contributed by atoms with E-state index in [2.05, 4.69) is 46.2 Å². The summed E-state index contributed by atoms with van der Waals surface area (Å²) in [5.74, 6) is 0.739. The Hall–Kier alpha value is -2.30. The van der Waals surface area contributed by atoms with Crippen molar-refractivity contribution >= 4 is 6.08 Å². The number of ether oxygens (including phenoxy) is 1. The molecule has 1 N–H and O–H groups in total. The Bertz CT molecular complexity index is 692. The van der Waals surface area contributed by atoms with Gasteiger partial charge in [0.2, 0.25) is 0 Å². The highest BCUT2D eigenvalue weighted by atomic mass is 16.5. The summed E-state index contributed by atoms with van der Waals surface area (Å²) in [6.45, 7) is 6.16. The van der Waals surface area contributed by atoms with E-state index in [0.717, 1.165) is 39.3 Å². The van der Waals surface area contributed by atoms with Gasteiger partial charge in [0.25, 0.3) is 0 Å². The molecule has 0 aliphatic carbocycles. The minimum Gasteiger partial charge on any atom is -0.504 e. The summed E-state index contributed by atoms with van der Waals surface area (Å²) in [5, 5.41) is 9.69. The second-order valence-electron chi connectivity index (χ2n) is 6.40. The lowest BCUT2D eigenvalue weighted by Crippen LogP contribution is -2.45. The van der Waals surface area contributed by atoms with Crippen LogP contribution in [0.2, 0.25) is 0 Å². The number of aromatic hydroxyl groups is 1. The van der Waals surface area contributed by atoms with Gasteiger partial charge in [0.15, 0.2) is 11.5 Å². The minimum atomic E-state index is 0.196. The van der Waals surface area contributed by atoms with Crippen molar-refractivity contribution in [3.8, 4) is 11.5 Å². The van der Waals surface area contributed by atoms with Gasteiger partial charge in [-0.2, -0.15) is 0 Å². The highest BCUT2D eigenvalue weighted by Crippen LogP contribution is 2.26. The van der Waals surface area contributed by atoms with E-state index in [1.54, 1.807) is 13.2 Å². The average Bonchev–Trinajstić information content (AvgIpc) is 2.65. The van der Waals surface area contributed by atoms with Gasteiger partial charge in [-0.15, -0.1) is 0 Å². The van der Waals surface area contributed by atoms with Crippen molar-refractivity contribution in [2.45, 2.75) is 6.54 Å². The normalized spacial score (nSPS) is 16.4. The summed E-state index contributed by atoms with van der Waals surface area (Å²) in [6, 6.07) is 16.0. The molecule has 1 saturated heterocycles. The van der Waals surface area contributed by atoms with Crippen molar-refractivity contribution < 1.29 is 9.84 Å². The summed E-state index contributed by atoms with van der Waals surface area (Å²) in [4.78, 5) is 4.93. The van der Waals surface area contributed by atoms with Crippen LogP contribution in [0, 0.1) is 0 Å². The SMILES string of the molecule is COc1cc(CN2CCN(C/C=C/c3ccccc3)CC2)ccc1O. The van der Waals surface area contributed by atoms with Crippen LogP contribution in [-0.2, 0) is 6.54 Å². The fourth-order valence-electron chi connectivity index (χ4n) is 3.11. The van der Waals surface area contributed by atoms with Gasteiger partial charge in [-0.1, -0.05) is 48.6 Å². The topological polar surface area (TPSA) is 35.9 Å². The fraction of sp³-hybridized carbons (Fsp3) is 0.333. The molecule has 0 radical (unpaired) electrons. The van der Waals surface area contributed by atoms with Gasteiger partial charge < -0.3 is 9.84 Å². The maximum Gasteiger partial charge on any atom is 0.160 e. The van der Waals surface area contributed by atoms with Crippen LogP contribution in [0.3, 0.4) is 0 Å². The van der Waals surface area contributed by atoms with Gasteiger partial charge in [0, 0.05) is 39.3 Å². The number of phenolic OH excluding ortho intramolecular Hbond substituents is 1. The van der Waals surface area contributed by atoms with Crippen molar-refractivity contribution in [2.75, 3.05) is 39.8 Å². The number of phenols is 1. The first-order chi connectivity index (χ1) is 12.2. The molecular weight excluding hydrogens is 312 g/mol. The molecule has 2 aromatic carbocycles. The third-order valence-electron chi connectivity index (χ3n) is 4.59. The summed E-state index contributed by atoms with van der Waals surface area (Å²) in [5.41, 5.74) is 2.43. The Morgan fingerprint density at radius 1 is 1.00 bits per heavy atom. The van der Waals surface area contributed by atoms with E-state index in [9.17, 15) is 5.11 Å². The lowest BCUT2D eigenvalue weighted by Gasteiger charge is -2.34. The van der Waals surface area contributed by atoms with Crippen LogP contribution in [-0.4, -0.2) is 54.7 Å².